The van der Waals surface area contributed by atoms with Crippen molar-refractivity contribution in [3.63, 3.8) is 0 Å². The van der Waals surface area contributed by atoms with Crippen LogP contribution in [0.2, 0.25) is 0 Å². The van der Waals surface area contributed by atoms with Gasteiger partial charge in [0.05, 0.1) is 25.5 Å². The van der Waals surface area contributed by atoms with Crippen LogP contribution in [0.25, 0.3) is 0 Å². The topological polar surface area (TPSA) is 65.7 Å². The van der Waals surface area contributed by atoms with Gasteiger partial charge in [-0.3, -0.25) is 9.69 Å². The van der Waals surface area contributed by atoms with E-state index in [9.17, 15) is 9.90 Å². The minimum Gasteiger partial charge on any atom is -0.467 e. The lowest BCUT2D eigenvalue weighted by Gasteiger charge is -2.13. The standard InChI is InChI=1S/C11H16N2O3/c14-9-3-4-13(7-9)8-11(15)12-6-10-2-1-5-16-10/h1-2,5,9,14H,3-4,6-8H2,(H,12,15)/t9-/m1/s1. The Balaban J connectivity index is 1.68. The van der Waals surface area contributed by atoms with Crippen molar-refractivity contribution in [3.05, 3.63) is 24.2 Å². The Kier molecular flexibility index (Phi) is 3.58. The molecular formula is C11H16N2O3. The third-order valence-electron chi connectivity index (χ3n) is 2.65. The third kappa shape index (κ3) is 3.08. The van der Waals surface area contributed by atoms with Crippen molar-refractivity contribution in [2.75, 3.05) is 19.6 Å². The Morgan fingerprint density at radius 2 is 2.56 bits per heavy atom. The Hall–Kier alpha value is -1.33. The largest absolute Gasteiger partial charge is 0.467 e. The van der Waals surface area contributed by atoms with Crippen molar-refractivity contribution < 1.29 is 14.3 Å². The molecule has 0 bridgehead atoms. The molecule has 0 aromatic carbocycles. The van der Waals surface area contributed by atoms with E-state index < -0.39 is 0 Å². The van der Waals surface area contributed by atoms with Crippen molar-refractivity contribution in [3.8, 4) is 0 Å². The monoisotopic (exact) mass is 224 g/mol. The molecule has 1 aliphatic heterocycles. The maximum Gasteiger partial charge on any atom is 0.234 e. The molecule has 1 aromatic rings. The van der Waals surface area contributed by atoms with Gasteiger partial charge < -0.3 is 14.8 Å². The van der Waals surface area contributed by atoms with Crippen molar-refractivity contribution in [2.24, 2.45) is 0 Å². The molecule has 2 N–H and O–H groups in total. The zero-order valence-electron chi connectivity index (χ0n) is 9.06. The normalized spacial score (nSPS) is 21.2. The van der Waals surface area contributed by atoms with Crippen molar-refractivity contribution in [1.82, 2.24) is 10.2 Å². The number of rotatable bonds is 4. The minimum atomic E-state index is -0.280. The zero-order valence-corrected chi connectivity index (χ0v) is 9.06. The first-order valence-electron chi connectivity index (χ1n) is 5.43. The molecule has 5 heteroatoms. The number of nitrogens with zero attached hydrogens (tertiary/aromatic N) is 1. The summed E-state index contributed by atoms with van der Waals surface area (Å²) < 4.78 is 5.10. The second kappa shape index (κ2) is 5.14. The molecule has 0 unspecified atom stereocenters. The predicted octanol–water partition coefficient (Wildman–Crippen LogP) is -0.0376. The van der Waals surface area contributed by atoms with Crippen LogP contribution in [0.3, 0.4) is 0 Å². The summed E-state index contributed by atoms with van der Waals surface area (Å²) in [6.07, 6.45) is 2.06. The molecule has 88 valence electrons. The Bertz CT molecular complexity index is 337. The maximum atomic E-state index is 11.5. The van der Waals surface area contributed by atoms with Crippen molar-refractivity contribution in [1.29, 1.82) is 0 Å². The second-order valence-corrected chi connectivity index (χ2v) is 4.03. The molecule has 0 radical (unpaired) electrons. The fourth-order valence-electron chi connectivity index (χ4n) is 1.81. The molecule has 5 nitrogen and oxygen atoms in total. The predicted molar refractivity (Wildman–Crippen MR) is 57.6 cm³/mol. The number of nitrogens with one attached hydrogen (secondary N) is 1. The van der Waals surface area contributed by atoms with E-state index in [2.05, 4.69) is 5.32 Å². The quantitative estimate of drug-likeness (QED) is 0.753. The summed E-state index contributed by atoms with van der Waals surface area (Å²) in [7, 11) is 0. The third-order valence-corrected chi connectivity index (χ3v) is 2.65. The first-order valence-corrected chi connectivity index (χ1v) is 5.43. The highest BCUT2D eigenvalue weighted by Gasteiger charge is 2.21. The summed E-state index contributed by atoms with van der Waals surface area (Å²) >= 11 is 0. The van der Waals surface area contributed by atoms with E-state index in [4.69, 9.17) is 4.42 Å². The molecular weight excluding hydrogens is 208 g/mol. The van der Waals surface area contributed by atoms with Gasteiger partial charge in [0.2, 0.25) is 5.91 Å². The highest BCUT2D eigenvalue weighted by Crippen LogP contribution is 2.07. The van der Waals surface area contributed by atoms with E-state index in [1.165, 1.54) is 0 Å². The van der Waals surface area contributed by atoms with Crippen LogP contribution in [0.1, 0.15) is 12.2 Å². The minimum absolute atomic E-state index is 0.0366. The average Bonchev–Trinajstić information content (AvgIpc) is 2.87. The second-order valence-electron chi connectivity index (χ2n) is 4.03. The van der Waals surface area contributed by atoms with Crippen LogP contribution < -0.4 is 5.32 Å². The summed E-state index contributed by atoms with van der Waals surface area (Å²) in [5, 5.41) is 12.1. The number of carbonyl (C=O) groups excluding carboxylic acids is 1. The van der Waals surface area contributed by atoms with Crippen LogP contribution in [-0.4, -0.2) is 41.7 Å². The summed E-state index contributed by atoms with van der Waals surface area (Å²) in [4.78, 5) is 13.5. The van der Waals surface area contributed by atoms with Gasteiger partial charge in [0.1, 0.15) is 5.76 Å². The summed E-state index contributed by atoms with van der Waals surface area (Å²) in [6.45, 7) is 2.14. The number of amides is 1. The first kappa shape index (κ1) is 11.2. The number of furan rings is 1. The van der Waals surface area contributed by atoms with Crippen LogP contribution >= 0.6 is 0 Å². The molecule has 16 heavy (non-hydrogen) atoms. The van der Waals surface area contributed by atoms with E-state index in [0.717, 1.165) is 18.7 Å². The lowest BCUT2D eigenvalue weighted by molar-refractivity contribution is -0.122. The maximum absolute atomic E-state index is 11.5. The van der Waals surface area contributed by atoms with Crippen molar-refractivity contribution in [2.45, 2.75) is 19.1 Å². The van der Waals surface area contributed by atoms with E-state index in [0.29, 0.717) is 19.6 Å². The Labute approximate surface area is 94.0 Å². The molecule has 2 heterocycles. The summed E-state index contributed by atoms with van der Waals surface area (Å²) in [5.41, 5.74) is 0. The zero-order chi connectivity index (χ0) is 11.4. The van der Waals surface area contributed by atoms with Gasteiger partial charge in [-0.2, -0.15) is 0 Å². The molecule has 2 rings (SSSR count). The molecule has 1 saturated heterocycles. The van der Waals surface area contributed by atoms with Gasteiger partial charge in [0, 0.05) is 13.1 Å². The Morgan fingerprint density at radius 1 is 1.69 bits per heavy atom. The molecule has 0 saturated carbocycles. The first-order chi connectivity index (χ1) is 7.74. The van der Waals surface area contributed by atoms with E-state index >= 15 is 0 Å². The highest BCUT2D eigenvalue weighted by molar-refractivity contribution is 5.77. The molecule has 0 spiro atoms. The Morgan fingerprint density at radius 3 is 3.19 bits per heavy atom. The van der Waals surface area contributed by atoms with E-state index in [1.54, 1.807) is 12.3 Å². The molecule has 1 amide bonds. The number of hydrogen-bond donors (Lipinski definition) is 2. The molecule has 1 atom stereocenters. The van der Waals surface area contributed by atoms with Crippen LogP contribution in [0.5, 0.6) is 0 Å². The van der Waals surface area contributed by atoms with Crippen molar-refractivity contribution >= 4 is 5.91 Å². The van der Waals surface area contributed by atoms with E-state index in [1.807, 2.05) is 11.0 Å². The van der Waals surface area contributed by atoms with Gasteiger partial charge in [-0.05, 0) is 18.6 Å². The van der Waals surface area contributed by atoms with Gasteiger partial charge in [-0.25, -0.2) is 0 Å². The summed E-state index contributed by atoms with van der Waals surface area (Å²) in [5.74, 6) is 0.709. The SMILES string of the molecule is O=C(CN1CC[C@@H](O)C1)NCc1ccco1. The number of β-amino-alcohol motifs (C(OH)–C–C–N with tert-alkyl or cyclic N) is 1. The molecule has 1 aliphatic rings. The van der Waals surface area contributed by atoms with Gasteiger partial charge in [0.25, 0.3) is 0 Å². The van der Waals surface area contributed by atoms with Gasteiger partial charge in [-0.15, -0.1) is 0 Å². The molecule has 1 fully saturated rings. The average molecular weight is 224 g/mol. The van der Waals surface area contributed by atoms with Gasteiger partial charge in [0.15, 0.2) is 0 Å². The number of hydrogen-bond acceptors (Lipinski definition) is 4. The number of aliphatic hydroxyl groups excluding tert-OH is 1. The van der Waals surface area contributed by atoms with Crippen LogP contribution in [0, 0.1) is 0 Å². The number of aliphatic hydroxyl groups is 1. The summed E-state index contributed by atoms with van der Waals surface area (Å²) in [6, 6.07) is 3.61. The van der Waals surface area contributed by atoms with Crippen LogP contribution in [0.15, 0.2) is 22.8 Å². The van der Waals surface area contributed by atoms with Crippen LogP contribution in [0.4, 0.5) is 0 Å². The lowest BCUT2D eigenvalue weighted by atomic mass is 10.3. The molecule has 1 aromatic heterocycles. The molecule has 0 aliphatic carbocycles. The fourth-order valence-corrected chi connectivity index (χ4v) is 1.81. The lowest BCUT2D eigenvalue weighted by Crippen LogP contribution is -2.36. The van der Waals surface area contributed by atoms with E-state index in [-0.39, 0.29) is 12.0 Å². The van der Waals surface area contributed by atoms with Gasteiger partial charge >= 0.3 is 0 Å². The van der Waals surface area contributed by atoms with Crippen LogP contribution in [-0.2, 0) is 11.3 Å². The smallest absolute Gasteiger partial charge is 0.234 e. The number of carbonyl (C=O) groups is 1. The number of likely N-dealkylation sites (tertiary alicyclic amines) is 1. The highest BCUT2D eigenvalue weighted by atomic mass is 16.3. The fraction of sp³-hybridized carbons (Fsp3) is 0.545. The van der Waals surface area contributed by atoms with Gasteiger partial charge in [-0.1, -0.05) is 0 Å².